The Bertz CT molecular complexity index is 639. The van der Waals surface area contributed by atoms with Gasteiger partial charge in [0.15, 0.2) is 0 Å². The summed E-state index contributed by atoms with van der Waals surface area (Å²) in [6.45, 7) is 0. The normalized spacial score (nSPS) is 9.89. The van der Waals surface area contributed by atoms with Crippen molar-refractivity contribution in [2.45, 2.75) is 0 Å². The van der Waals surface area contributed by atoms with Gasteiger partial charge in [0.25, 0.3) is 0 Å². The number of nitrogens with zero attached hydrogens (tertiary/aromatic N) is 1. The van der Waals surface area contributed by atoms with Crippen molar-refractivity contribution in [3.05, 3.63) is 57.3 Å². The van der Waals surface area contributed by atoms with Gasteiger partial charge in [0.1, 0.15) is 23.4 Å². The van der Waals surface area contributed by atoms with Gasteiger partial charge in [-0.15, -0.1) is 0 Å². The molecule has 2 aromatic rings. The van der Waals surface area contributed by atoms with Crippen LogP contribution in [0.2, 0.25) is 5.02 Å². The largest absolute Gasteiger partial charge is 0.455 e. The molecule has 0 aliphatic carbocycles. The monoisotopic (exact) mass is 325 g/mol. The Morgan fingerprint density at radius 1 is 1.17 bits per heavy atom. The number of rotatable bonds is 2. The predicted molar refractivity (Wildman–Crippen MR) is 70.3 cm³/mol. The molecule has 0 bridgehead atoms. The van der Waals surface area contributed by atoms with E-state index in [1.807, 2.05) is 6.07 Å². The number of ether oxygens (including phenoxy) is 1. The fraction of sp³-hybridized carbons (Fsp3) is 0. The Hall–Kier alpha value is -1.57. The lowest BCUT2D eigenvalue weighted by Gasteiger charge is -2.09. The second-order valence-electron chi connectivity index (χ2n) is 3.43. The second kappa shape index (κ2) is 5.38. The average Bonchev–Trinajstić information content (AvgIpc) is 2.34. The van der Waals surface area contributed by atoms with Crippen molar-refractivity contribution in [2.24, 2.45) is 0 Å². The summed E-state index contributed by atoms with van der Waals surface area (Å²) in [5.41, 5.74) is 0.329. The Labute approximate surface area is 117 Å². The van der Waals surface area contributed by atoms with Crippen LogP contribution in [0, 0.1) is 17.1 Å². The predicted octanol–water partition coefficient (Wildman–Crippen LogP) is 4.91. The highest BCUT2D eigenvalue weighted by molar-refractivity contribution is 9.10. The zero-order chi connectivity index (χ0) is 13.1. The first-order chi connectivity index (χ1) is 8.60. The molecule has 0 amide bonds. The maximum absolute atomic E-state index is 13.1. The van der Waals surface area contributed by atoms with Crippen molar-refractivity contribution < 1.29 is 9.13 Å². The van der Waals surface area contributed by atoms with Crippen LogP contribution < -0.4 is 4.74 Å². The van der Waals surface area contributed by atoms with Crippen molar-refractivity contribution in [3.8, 4) is 17.6 Å². The summed E-state index contributed by atoms with van der Waals surface area (Å²) in [5.74, 6) is 0.152. The fourth-order valence-corrected chi connectivity index (χ4v) is 1.84. The molecule has 90 valence electrons. The lowest BCUT2D eigenvalue weighted by atomic mass is 10.2. The lowest BCUT2D eigenvalue weighted by molar-refractivity contribution is 0.472. The van der Waals surface area contributed by atoms with Crippen molar-refractivity contribution in [1.82, 2.24) is 0 Å². The molecule has 0 aliphatic rings. The summed E-state index contributed by atoms with van der Waals surface area (Å²) < 4.78 is 19.2. The average molecular weight is 327 g/mol. The molecule has 0 aromatic heterocycles. The number of halogens is 3. The van der Waals surface area contributed by atoms with Crippen LogP contribution in [0.15, 0.2) is 40.9 Å². The van der Waals surface area contributed by atoms with Crippen molar-refractivity contribution in [1.29, 1.82) is 5.26 Å². The first-order valence-corrected chi connectivity index (χ1v) is 6.10. The zero-order valence-corrected chi connectivity index (χ0v) is 11.3. The summed E-state index contributed by atoms with van der Waals surface area (Å²) >= 11 is 9.08. The summed E-state index contributed by atoms with van der Waals surface area (Å²) in [6.07, 6.45) is 0. The van der Waals surface area contributed by atoms with Gasteiger partial charge in [0.05, 0.1) is 10.0 Å². The molecule has 0 spiro atoms. The summed E-state index contributed by atoms with van der Waals surface area (Å²) in [4.78, 5) is 0. The van der Waals surface area contributed by atoms with Crippen molar-refractivity contribution in [3.63, 3.8) is 0 Å². The Balaban J connectivity index is 2.43. The van der Waals surface area contributed by atoms with E-state index in [-0.39, 0.29) is 11.5 Å². The van der Waals surface area contributed by atoms with Gasteiger partial charge in [0.2, 0.25) is 0 Å². The molecule has 0 fully saturated rings. The molecule has 0 heterocycles. The minimum atomic E-state index is -0.422. The quantitative estimate of drug-likeness (QED) is 0.786. The standard InChI is InChI=1S/C13H6BrClFNO/c14-11-4-3-10(16)6-13(11)18-12-5-9(15)2-1-8(12)7-17/h1-6H. The van der Waals surface area contributed by atoms with Crippen LogP contribution in [-0.2, 0) is 0 Å². The van der Waals surface area contributed by atoms with Gasteiger partial charge >= 0.3 is 0 Å². The molecule has 0 saturated carbocycles. The molecule has 0 N–H and O–H groups in total. The SMILES string of the molecule is N#Cc1ccc(Cl)cc1Oc1cc(F)ccc1Br. The highest BCUT2D eigenvalue weighted by Crippen LogP contribution is 2.33. The van der Waals surface area contributed by atoms with Crippen LogP contribution >= 0.6 is 27.5 Å². The van der Waals surface area contributed by atoms with Crippen LogP contribution in [0.4, 0.5) is 4.39 Å². The zero-order valence-electron chi connectivity index (χ0n) is 8.95. The van der Waals surface area contributed by atoms with Gasteiger partial charge in [-0.1, -0.05) is 11.6 Å². The van der Waals surface area contributed by atoms with Crippen LogP contribution in [0.1, 0.15) is 5.56 Å². The van der Waals surface area contributed by atoms with E-state index < -0.39 is 5.82 Å². The molecule has 2 rings (SSSR count). The minimum Gasteiger partial charge on any atom is -0.455 e. The third kappa shape index (κ3) is 2.81. The highest BCUT2D eigenvalue weighted by Gasteiger charge is 2.09. The lowest BCUT2D eigenvalue weighted by Crippen LogP contribution is -1.90. The van der Waals surface area contributed by atoms with Gasteiger partial charge in [-0.2, -0.15) is 5.26 Å². The third-order valence-corrected chi connectivity index (χ3v) is 3.07. The Morgan fingerprint density at radius 3 is 2.67 bits per heavy atom. The topological polar surface area (TPSA) is 33.0 Å². The Kier molecular flexibility index (Phi) is 3.85. The van der Waals surface area contributed by atoms with E-state index >= 15 is 0 Å². The molecule has 0 radical (unpaired) electrons. The van der Waals surface area contributed by atoms with E-state index in [9.17, 15) is 4.39 Å². The summed E-state index contributed by atoms with van der Waals surface area (Å²) in [7, 11) is 0. The first kappa shape index (κ1) is 12.9. The molecule has 0 aliphatic heterocycles. The molecular weight excluding hydrogens is 321 g/mol. The Morgan fingerprint density at radius 2 is 1.94 bits per heavy atom. The first-order valence-electron chi connectivity index (χ1n) is 4.92. The van der Waals surface area contributed by atoms with Crippen molar-refractivity contribution in [2.75, 3.05) is 0 Å². The van der Waals surface area contributed by atoms with Crippen LogP contribution in [0.25, 0.3) is 0 Å². The molecule has 2 aromatic carbocycles. The molecule has 0 saturated heterocycles. The van der Waals surface area contributed by atoms with E-state index in [2.05, 4.69) is 15.9 Å². The van der Waals surface area contributed by atoms with Gasteiger partial charge in [-0.3, -0.25) is 0 Å². The van der Waals surface area contributed by atoms with Crippen LogP contribution in [0.3, 0.4) is 0 Å². The molecule has 5 heteroatoms. The number of hydrogen-bond donors (Lipinski definition) is 0. The van der Waals surface area contributed by atoms with E-state index in [1.165, 1.54) is 24.3 Å². The van der Waals surface area contributed by atoms with Gasteiger partial charge < -0.3 is 4.74 Å². The smallest absolute Gasteiger partial charge is 0.146 e. The maximum atomic E-state index is 13.1. The number of nitriles is 1. The molecular formula is C13H6BrClFNO. The van der Waals surface area contributed by atoms with Crippen molar-refractivity contribution >= 4 is 27.5 Å². The molecule has 0 atom stereocenters. The fourth-order valence-electron chi connectivity index (χ4n) is 1.35. The molecule has 18 heavy (non-hydrogen) atoms. The minimum absolute atomic E-state index is 0.286. The van der Waals surface area contributed by atoms with Gasteiger partial charge in [0, 0.05) is 17.2 Å². The van der Waals surface area contributed by atoms with E-state index in [0.717, 1.165) is 0 Å². The second-order valence-corrected chi connectivity index (χ2v) is 4.72. The number of hydrogen-bond acceptors (Lipinski definition) is 2. The van der Waals surface area contributed by atoms with Crippen LogP contribution in [0.5, 0.6) is 11.5 Å². The molecule has 2 nitrogen and oxygen atoms in total. The van der Waals surface area contributed by atoms with E-state index in [4.69, 9.17) is 21.6 Å². The van der Waals surface area contributed by atoms with Gasteiger partial charge in [-0.05, 0) is 40.2 Å². The van der Waals surface area contributed by atoms with Crippen LogP contribution in [-0.4, -0.2) is 0 Å². The molecule has 0 unspecified atom stereocenters. The van der Waals surface area contributed by atoms with E-state index in [0.29, 0.717) is 15.1 Å². The summed E-state index contributed by atoms with van der Waals surface area (Å²) in [6, 6.07) is 10.7. The summed E-state index contributed by atoms with van der Waals surface area (Å²) in [5, 5.41) is 9.39. The highest BCUT2D eigenvalue weighted by atomic mass is 79.9. The maximum Gasteiger partial charge on any atom is 0.146 e. The number of benzene rings is 2. The van der Waals surface area contributed by atoms with Gasteiger partial charge in [-0.25, -0.2) is 4.39 Å². The third-order valence-electron chi connectivity index (χ3n) is 2.18. The van der Waals surface area contributed by atoms with E-state index in [1.54, 1.807) is 12.1 Å².